The van der Waals surface area contributed by atoms with Gasteiger partial charge in [0, 0.05) is 24.7 Å². The fourth-order valence-corrected chi connectivity index (χ4v) is 2.21. The van der Waals surface area contributed by atoms with E-state index < -0.39 is 0 Å². The minimum Gasteiger partial charge on any atom is -0.454 e. The highest BCUT2D eigenvalue weighted by atomic mass is 16.7. The Morgan fingerprint density at radius 3 is 3.25 bits per heavy atom. The van der Waals surface area contributed by atoms with Gasteiger partial charge in [0.1, 0.15) is 0 Å². The van der Waals surface area contributed by atoms with E-state index in [9.17, 15) is 0 Å². The highest BCUT2D eigenvalue weighted by molar-refractivity contribution is 5.48. The Balaban J connectivity index is 1.67. The van der Waals surface area contributed by atoms with E-state index in [1.54, 1.807) is 0 Å². The van der Waals surface area contributed by atoms with Crippen molar-refractivity contribution >= 4 is 0 Å². The van der Waals surface area contributed by atoms with Crippen LogP contribution in [0.2, 0.25) is 0 Å². The maximum atomic E-state index is 5.47. The molecule has 3 rings (SSSR count). The highest BCUT2D eigenvalue weighted by Gasteiger charge is 2.18. The van der Waals surface area contributed by atoms with Crippen molar-refractivity contribution in [2.24, 2.45) is 0 Å². The first-order valence-electron chi connectivity index (χ1n) is 5.75. The van der Waals surface area contributed by atoms with Crippen molar-refractivity contribution in [1.82, 2.24) is 10.6 Å². The molecule has 0 spiro atoms. The van der Waals surface area contributed by atoms with E-state index in [-0.39, 0.29) is 0 Å². The molecule has 4 heteroatoms. The van der Waals surface area contributed by atoms with Gasteiger partial charge in [-0.2, -0.15) is 0 Å². The van der Waals surface area contributed by atoms with Crippen molar-refractivity contribution < 1.29 is 9.47 Å². The van der Waals surface area contributed by atoms with Crippen LogP contribution in [0.4, 0.5) is 0 Å². The zero-order chi connectivity index (χ0) is 10.8. The molecule has 1 unspecified atom stereocenters. The van der Waals surface area contributed by atoms with Crippen molar-refractivity contribution in [2.75, 3.05) is 19.9 Å². The van der Waals surface area contributed by atoms with Crippen LogP contribution in [-0.2, 0) is 6.54 Å². The molecule has 0 saturated carbocycles. The van der Waals surface area contributed by atoms with E-state index >= 15 is 0 Å². The predicted octanol–water partition coefficient (Wildman–Crippen LogP) is 0.867. The van der Waals surface area contributed by atoms with Crippen LogP contribution in [0.15, 0.2) is 18.2 Å². The Morgan fingerprint density at radius 2 is 2.38 bits per heavy atom. The molecule has 0 aliphatic carbocycles. The monoisotopic (exact) mass is 220 g/mol. The van der Waals surface area contributed by atoms with Crippen LogP contribution in [0.1, 0.15) is 12.0 Å². The molecule has 0 radical (unpaired) electrons. The van der Waals surface area contributed by atoms with Crippen molar-refractivity contribution in [3.8, 4) is 11.5 Å². The molecule has 1 saturated heterocycles. The second-order valence-corrected chi connectivity index (χ2v) is 4.22. The van der Waals surface area contributed by atoms with E-state index in [1.165, 1.54) is 12.0 Å². The summed E-state index contributed by atoms with van der Waals surface area (Å²) in [6.07, 6.45) is 1.20. The zero-order valence-electron chi connectivity index (χ0n) is 9.16. The average molecular weight is 220 g/mol. The molecule has 16 heavy (non-hydrogen) atoms. The van der Waals surface area contributed by atoms with Crippen LogP contribution in [0.5, 0.6) is 11.5 Å². The van der Waals surface area contributed by atoms with Crippen molar-refractivity contribution in [2.45, 2.75) is 19.0 Å². The van der Waals surface area contributed by atoms with Crippen LogP contribution in [0.25, 0.3) is 0 Å². The second-order valence-electron chi connectivity index (χ2n) is 4.22. The van der Waals surface area contributed by atoms with E-state index in [4.69, 9.17) is 9.47 Å². The summed E-state index contributed by atoms with van der Waals surface area (Å²) in [5.74, 6) is 1.77. The molecule has 1 atom stereocenters. The van der Waals surface area contributed by atoms with Crippen LogP contribution < -0.4 is 20.1 Å². The fraction of sp³-hybridized carbons (Fsp3) is 0.500. The van der Waals surface area contributed by atoms with Gasteiger partial charge in [-0.05, 0) is 19.0 Å². The van der Waals surface area contributed by atoms with E-state index in [0.29, 0.717) is 12.8 Å². The average Bonchev–Trinajstić information content (AvgIpc) is 2.97. The molecule has 2 aliphatic rings. The Bertz CT molecular complexity index is 375. The number of para-hydroxylation sites is 1. The maximum absolute atomic E-state index is 5.47. The van der Waals surface area contributed by atoms with Gasteiger partial charge in [-0.15, -0.1) is 0 Å². The smallest absolute Gasteiger partial charge is 0.231 e. The molecule has 0 aromatic heterocycles. The molecule has 86 valence electrons. The highest BCUT2D eigenvalue weighted by Crippen LogP contribution is 2.35. The van der Waals surface area contributed by atoms with Gasteiger partial charge in [0.05, 0.1) is 0 Å². The van der Waals surface area contributed by atoms with E-state index in [1.807, 2.05) is 12.1 Å². The first-order chi connectivity index (χ1) is 7.93. The van der Waals surface area contributed by atoms with Gasteiger partial charge in [-0.3, -0.25) is 0 Å². The Kier molecular flexibility index (Phi) is 2.68. The van der Waals surface area contributed by atoms with Gasteiger partial charge in [0.2, 0.25) is 6.79 Å². The number of rotatable bonds is 3. The van der Waals surface area contributed by atoms with Gasteiger partial charge >= 0.3 is 0 Å². The van der Waals surface area contributed by atoms with Crippen LogP contribution in [0, 0.1) is 0 Å². The quantitative estimate of drug-likeness (QED) is 0.793. The summed E-state index contributed by atoms with van der Waals surface area (Å²) in [6, 6.07) is 6.63. The summed E-state index contributed by atoms with van der Waals surface area (Å²) in [6.45, 7) is 3.37. The summed E-state index contributed by atoms with van der Waals surface area (Å²) < 4.78 is 10.8. The van der Waals surface area contributed by atoms with Crippen LogP contribution in [0.3, 0.4) is 0 Å². The lowest BCUT2D eigenvalue weighted by molar-refractivity contribution is 0.173. The molecule has 4 nitrogen and oxygen atoms in total. The Hall–Kier alpha value is -1.26. The molecule has 1 aromatic rings. The molecule has 0 amide bonds. The number of nitrogens with one attached hydrogen (secondary N) is 2. The fourth-order valence-electron chi connectivity index (χ4n) is 2.21. The van der Waals surface area contributed by atoms with Gasteiger partial charge in [0.15, 0.2) is 11.5 Å². The normalized spacial score (nSPS) is 22.6. The molecular formula is C12H16N2O2. The summed E-state index contributed by atoms with van der Waals surface area (Å²) in [4.78, 5) is 0. The third kappa shape index (κ3) is 1.86. The third-order valence-corrected chi connectivity index (χ3v) is 3.12. The molecular weight excluding hydrogens is 204 g/mol. The largest absolute Gasteiger partial charge is 0.454 e. The molecule has 2 aliphatic heterocycles. The van der Waals surface area contributed by atoms with Crippen LogP contribution >= 0.6 is 0 Å². The number of benzene rings is 1. The van der Waals surface area contributed by atoms with E-state index in [2.05, 4.69) is 16.7 Å². The van der Waals surface area contributed by atoms with Gasteiger partial charge in [-0.1, -0.05) is 12.1 Å². The molecule has 2 heterocycles. The number of fused-ring (bicyclic) bond motifs is 1. The number of hydrogen-bond acceptors (Lipinski definition) is 4. The van der Waals surface area contributed by atoms with Crippen molar-refractivity contribution in [3.05, 3.63) is 23.8 Å². The first kappa shape index (κ1) is 9.93. The minimum atomic E-state index is 0.345. The third-order valence-electron chi connectivity index (χ3n) is 3.12. The minimum absolute atomic E-state index is 0.345. The topological polar surface area (TPSA) is 42.5 Å². The standard InChI is InChI=1S/C12H16N2O2/c1-2-9(6-14-10-4-5-13-7-10)12-11(3-1)15-8-16-12/h1-3,10,13-14H,4-8H2. The lowest BCUT2D eigenvalue weighted by Gasteiger charge is -2.12. The summed E-state index contributed by atoms with van der Waals surface area (Å²) in [5, 5.41) is 6.87. The summed E-state index contributed by atoms with van der Waals surface area (Å²) >= 11 is 0. The number of hydrogen-bond donors (Lipinski definition) is 2. The molecule has 1 aromatic carbocycles. The SMILES string of the molecule is c1cc(CNC2CCNC2)c2c(c1)OCO2. The van der Waals surface area contributed by atoms with Gasteiger partial charge in [-0.25, -0.2) is 0 Å². The zero-order valence-corrected chi connectivity index (χ0v) is 9.16. The Morgan fingerprint density at radius 1 is 1.38 bits per heavy atom. The summed E-state index contributed by atoms with van der Waals surface area (Å²) in [5.41, 5.74) is 1.18. The van der Waals surface area contributed by atoms with Crippen molar-refractivity contribution in [3.63, 3.8) is 0 Å². The second kappa shape index (κ2) is 4.31. The first-order valence-corrected chi connectivity index (χ1v) is 5.75. The predicted molar refractivity (Wildman–Crippen MR) is 60.7 cm³/mol. The number of ether oxygens (including phenoxy) is 2. The van der Waals surface area contributed by atoms with Crippen LogP contribution in [-0.4, -0.2) is 25.9 Å². The van der Waals surface area contributed by atoms with Gasteiger partial charge < -0.3 is 20.1 Å². The molecule has 1 fully saturated rings. The molecule has 2 N–H and O–H groups in total. The maximum Gasteiger partial charge on any atom is 0.231 e. The lowest BCUT2D eigenvalue weighted by Crippen LogP contribution is -2.30. The molecule has 0 bridgehead atoms. The van der Waals surface area contributed by atoms with Crippen molar-refractivity contribution in [1.29, 1.82) is 0 Å². The summed E-state index contributed by atoms with van der Waals surface area (Å²) in [7, 11) is 0. The van der Waals surface area contributed by atoms with E-state index in [0.717, 1.165) is 31.1 Å². The lowest BCUT2D eigenvalue weighted by atomic mass is 10.1. The van der Waals surface area contributed by atoms with Gasteiger partial charge in [0.25, 0.3) is 0 Å². The Labute approximate surface area is 94.9 Å².